The van der Waals surface area contributed by atoms with Crippen molar-refractivity contribution in [2.24, 2.45) is 0 Å². The summed E-state index contributed by atoms with van der Waals surface area (Å²) < 4.78 is 44.6. The zero-order valence-electron chi connectivity index (χ0n) is 15.6. The van der Waals surface area contributed by atoms with Gasteiger partial charge >= 0.3 is 6.18 Å². The summed E-state index contributed by atoms with van der Waals surface area (Å²) >= 11 is 6.12. The topological polar surface area (TPSA) is 54.1 Å². The van der Waals surface area contributed by atoms with Crippen molar-refractivity contribution in [2.45, 2.75) is 18.5 Å². The van der Waals surface area contributed by atoms with Crippen LogP contribution >= 0.6 is 11.6 Å². The van der Waals surface area contributed by atoms with Crippen LogP contribution in [0.4, 0.5) is 13.2 Å². The summed E-state index contributed by atoms with van der Waals surface area (Å²) in [7, 11) is 1.52. The molecule has 1 aromatic heterocycles. The molecule has 0 saturated heterocycles. The first kappa shape index (κ1) is 21.2. The minimum absolute atomic E-state index is 0.00943. The minimum atomic E-state index is -4.47. The number of H-pyrrole nitrogens is 1. The molecule has 0 aliphatic heterocycles. The van der Waals surface area contributed by atoms with Crippen LogP contribution in [-0.2, 0) is 15.7 Å². The van der Waals surface area contributed by atoms with Crippen molar-refractivity contribution in [2.75, 3.05) is 20.3 Å². The second-order valence-electron chi connectivity index (χ2n) is 6.66. The van der Waals surface area contributed by atoms with Crippen molar-refractivity contribution < 1.29 is 22.7 Å². The molecule has 2 N–H and O–H groups in total. The third-order valence-corrected chi connectivity index (χ3v) is 4.92. The van der Waals surface area contributed by atoms with Gasteiger partial charge in [-0.2, -0.15) is 13.2 Å². The first-order valence-corrected chi connectivity index (χ1v) is 9.36. The molecular weight excluding hydrogens is 405 g/mol. The molecule has 0 radical (unpaired) electrons. The van der Waals surface area contributed by atoms with Gasteiger partial charge in [0.1, 0.15) is 0 Å². The molecule has 154 valence electrons. The smallest absolute Gasteiger partial charge is 0.383 e. The van der Waals surface area contributed by atoms with Gasteiger partial charge in [0.05, 0.1) is 12.2 Å². The number of fused-ring (bicyclic) bond motifs is 1. The SMILES string of the molecule is COCCNC(=O)CC(c1cccc(C(F)(F)F)c1)c1c[nH]c2ccc(Cl)cc12. The second kappa shape index (κ2) is 8.88. The van der Waals surface area contributed by atoms with E-state index in [1.165, 1.54) is 13.2 Å². The van der Waals surface area contributed by atoms with Crippen LogP contribution in [0.3, 0.4) is 0 Å². The van der Waals surface area contributed by atoms with E-state index in [0.717, 1.165) is 23.0 Å². The molecule has 29 heavy (non-hydrogen) atoms. The maximum absolute atomic E-state index is 13.2. The summed E-state index contributed by atoms with van der Waals surface area (Å²) in [5.74, 6) is -0.854. The average Bonchev–Trinajstić information content (AvgIpc) is 3.08. The van der Waals surface area contributed by atoms with Gasteiger partial charge in [0.25, 0.3) is 0 Å². The largest absolute Gasteiger partial charge is 0.416 e. The van der Waals surface area contributed by atoms with E-state index >= 15 is 0 Å². The van der Waals surface area contributed by atoms with Crippen LogP contribution in [0.15, 0.2) is 48.7 Å². The predicted octanol–water partition coefficient (Wildman–Crippen LogP) is 5.12. The number of nitrogens with one attached hydrogen (secondary N) is 2. The average molecular weight is 425 g/mol. The fraction of sp³-hybridized carbons (Fsp3) is 0.286. The normalized spacial score (nSPS) is 12.9. The molecular formula is C21H20ClF3N2O2. The van der Waals surface area contributed by atoms with E-state index < -0.39 is 17.7 Å². The number of amides is 1. The lowest BCUT2D eigenvalue weighted by Gasteiger charge is -2.19. The number of benzene rings is 2. The summed E-state index contributed by atoms with van der Waals surface area (Å²) in [4.78, 5) is 15.6. The molecule has 3 aromatic rings. The van der Waals surface area contributed by atoms with E-state index in [-0.39, 0.29) is 12.3 Å². The Labute approximate surface area is 171 Å². The first-order chi connectivity index (χ1) is 13.8. The monoisotopic (exact) mass is 424 g/mol. The van der Waals surface area contributed by atoms with Crippen LogP contribution in [0.5, 0.6) is 0 Å². The molecule has 1 unspecified atom stereocenters. The second-order valence-corrected chi connectivity index (χ2v) is 7.09. The summed E-state index contributed by atoms with van der Waals surface area (Å²) in [6.07, 6.45) is -2.76. The first-order valence-electron chi connectivity index (χ1n) is 8.99. The van der Waals surface area contributed by atoms with Crippen LogP contribution in [0.1, 0.15) is 29.0 Å². The molecule has 0 bridgehead atoms. The number of carbonyl (C=O) groups is 1. The number of alkyl halides is 3. The van der Waals surface area contributed by atoms with E-state index in [4.69, 9.17) is 16.3 Å². The quantitative estimate of drug-likeness (QED) is 0.517. The highest BCUT2D eigenvalue weighted by Gasteiger charge is 2.31. The Morgan fingerprint density at radius 2 is 2.03 bits per heavy atom. The number of aromatic nitrogens is 1. The van der Waals surface area contributed by atoms with E-state index in [1.807, 2.05) is 0 Å². The lowest BCUT2D eigenvalue weighted by molar-refractivity contribution is -0.137. The van der Waals surface area contributed by atoms with Crippen LogP contribution in [0.2, 0.25) is 5.02 Å². The van der Waals surface area contributed by atoms with E-state index in [0.29, 0.717) is 29.3 Å². The molecule has 4 nitrogen and oxygen atoms in total. The van der Waals surface area contributed by atoms with Gasteiger partial charge < -0.3 is 15.0 Å². The molecule has 0 saturated carbocycles. The number of halogens is 4. The highest BCUT2D eigenvalue weighted by Crippen LogP contribution is 2.37. The number of methoxy groups -OCH3 is 1. The molecule has 1 heterocycles. The Balaban J connectivity index is 2.02. The number of aromatic amines is 1. The van der Waals surface area contributed by atoms with Crippen molar-refractivity contribution in [3.05, 3.63) is 70.4 Å². The molecule has 0 aliphatic rings. The summed E-state index contributed by atoms with van der Waals surface area (Å²) in [6.45, 7) is 0.674. The van der Waals surface area contributed by atoms with Gasteiger partial charge in [-0.25, -0.2) is 0 Å². The zero-order chi connectivity index (χ0) is 21.0. The highest BCUT2D eigenvalue weighted by molar-refractivity contribution is 6.31. The Hall–Kier alpha value is -2.51. The van der Waals surface area contributed by atoms with Gasteiger partial charge in [-0.1, -0.05) is 29.8 Å². The lowest BCUT2D eigenvalue weighted by Crippen LogP contribution is -2.28. The van der Waals surface area contributed by atoms with Gasteiger partial charge in [-0.3, -0.25) is 4.79 Å². The molecule has 1 atom stereocenters. The molecule has 8 heteroatoms. The fourth-order valence-corrected chi connectivity index (χ4v) is 3.46. The van der Waals surface area contributed by atoms with Crippen molar-refractivity contribution >= 4 is 28.4 Å². The summed E-state index contributed by atoms with van der Waals surface area (Å²) in [5, 5.41) is 4.00. The molecule has 0 fully saturated rings. The third kappa shape index (κ3) is 5.10. The number of hydrogen-bond acceptors (Lipinski definition) is 2. The van der Waals surface area contributed by atoms with Gasteiger partial charge in [-0.15, -0.1) is 0 Å². The standard InChI is InChI=1S/C21H20ClF3N2O2/c1-29-8-7-26-20(28)11-16(13-3-2-4-14(9-13)21(23,24)25)18-12-27-19-6-5-15(22)10-17(18)19/h2-6,9-10,12,16,27H,7-8,11H2,1H3,(H,26,28). The van der Waals surface area contributed by atoms with Crippen molar-refractivity contribution in [3.63, 3.8) is 0 Å². The Morgan fingerprint density at radius 1 is 1.24 bits per heavy atom. The zero-order valence-corrected chi connectivity index (χ0v) is 16.4. The molecule has 2 aromatic carbocycles. The van der Waals surface area contributed by atoms with Crippen LogP contribution in [0.25, 0.3) is 10.9 Å². The summed E-state index contributed by atoms with van der Waals surface area (Å²) in [5.41, 5.74) is 1.16. The van der Waals surface area contributed by atoms with Gasteiger partial charge in [0.15, 0.2) is 0 Å². The minimum Gasteiger partial charge on any atom is -0.383 e. The van der Waals surface area contributed by atoms with E-state index in [2.05, 4.69) is 10.3 Å². The van der Waals surface area contributed by atoms with Gasteiger partial charge in [0, 0.05) is 48.1 Å². The molecule has 0 aliphatic carbocycles. The predicted molar refractivity (Wildman–Crippen MR) is 106 cm³/mol. The Bertz CT molecular complexity index is 1000. The van der Waals surface area contributed by atoms with Crippen LogP contribution in [-0.4, -0.2) is 31.2 Å². The number of carbonyl (C=O) groups excluding carboxylic acids is 1. The number of hydrogen-bond donors (Lipinski definition) is 2. The maximum Gasteiger partial charge on any atom is 0.416 e. The Morgan fingerprint density at radius 3 is 2.76 bits per heavy atom. The molecule has 0 spiro atoms. The summed E-state index contributed by atoms with van der Waals surface area (Å²) in [6, 6.07) is 10.3. The van der Waals surface area contributed by atoms with Crippen molar-refractivity contribution in [3.8, 4) is 0 Å². The van der Waals surface area contributed by atoms with Crippen LogP contribution < -0.4 is 5.32 Å². The maximum atomic E-state index is 13.2. The molecule has 1 amide bonds. The van der Waals surface area contributed by atoms with Gasteiger partial charge in [-0.05, 0) is 35.4 Å². The Kier molecular flexibility index (Phi) is 6.49. The van der Waals surface area contributed by atoms with Crippen molar-refractivity contribution in [1.82, 2.24) is 10.3 Å². The van der Waals surface area contributed by atoms with E-state index in [9.17, 15) is 18.0 Å². The highest BCUT2D eigenvalue weighted by atomic mass is 35.5. The third-order valence-electron chi connectivity index (χ3n) is 4.69. The van der Waals surface area contributed by atoms with E-state index in [1.54, 1.807) is 30.5 Å². The number of ether oxygens (including phenoxy) is 1. The molecule has 3 rings (SSSR count). The van der Waals surface area contributed by atoms with Gasteiger partial charge in [0.2, 0.25) is 5.91 Å². The van der Waals surface area contributed by atoms with Crippen LogP contribution in [0, 0.1) is 0 Å². The number of rotatable bonds is 7. The van der Waals surface area contributed by atoms with Crippen molar-refractivity contribution in [1.29, 1.82) is 0 Å². The lowest BCUT2D eigenvalue weighted by atomic mass is 9.87. The fourth-order valence-electron chi connectivity index (χ4n) is 3.29.